The number of anilines is 2. The first-order valence-electron chi connectivity index (χ1n) is 21.4. The molecule has 0 atom stereocenters. The van der Waals surface area contributed by atoms with Crippen molar-refractivity contribution in [2.45, 2.75) is 149 Å². The number of aryl methyl sites for hydroxylation is 4. The van der Waals surface area contributed by atoms with Crippen molar-refractivity contribution in [2.75, 3.05) is 36.8 Å². The van der Waals surface area contributed by atoms with E-state index in [1.54, 1.807) is 17.5 Å². The van der Waals surface area contributed by atoms with Gasteiger partial charge in [0.1, 0.15) is 47.4 Å². The van der Waals surface area contributed by atoms with Crippen LogP contribution in [0.5, 0.6) is 0 Å². The first-order chi connectivity index (χ1) is 29.0. The van der Waals surface area contributed by atoms with Gasteiger partial charge in [0.15, 0.2) is 0 Å². The predicted octanol–water partition coefficient (Wildman–Crippen LogP) is 4.74. The van der Waals surface area contributed by atoms with Crippen LogP contribution in [-0.2, 0) is 54.2 Å². The molecule has 4 aromatic heterocycles. The molecule has 4 aliphatic carbocycles. The molecule has 6 heterocycles. The maximum atomic E-state index is 11.3. The Bertz CT molecular complexity index is 2070. The monoisotopic (exact) mass is 938 g/mol. The minimum Gasteiger partial charge on any atom is -0.702 e. The Morgan fingerprint density at radius 2 is 1.16 bits per heavy atom. The zero-order chi connectivity index (χ0) is 42.4. The summed E-state index contributed by atoms with van der Waals surface area (Å²) in [4.78, 5) is 66.3. The molecule has 0 spiro atoms. The molecular formula is C43H65BClN8NaO7S2. The van der Waals surface area contributed by atoms with E-state index in [4.69, 9.17) is 9.90 Å². The average molecular weight is 939 g/mol. The van der Waals surface area contributed by atoms with E-state index in [0.29, 0.717) is 38.4 Å². The number of thiophene rings is 2. The predicted molar refractivity (Wildman–Crippen MR) is 252 cm³/mol. The normalized spacial score (nSPS) is 19.4. The van der Waals surface area contributed by atoms with Crippen molar-refractivity contribution in [3.63, 3.8) is 0 Å². The van der Waals surface area contributed by atoms with Crippen LogP contribution < -0.4 is 45.5 Å². The molecule has 63 heavy (non-hydrogen) atoms. The second kappa shape index (κ2) is 27.5. The van der Waals surface area contributed by atoms with Crippen LogP contribution in [0.4, 0.5) is 11.6 Å². The molecule has 4 aromatic rings. The summed E-state index contributed by atoms with van der Waals surface area (Å²) in [5.74, 6) is 0.607. The first-order valence-corrected chi connectivity index (χ1v) is 23.0. The van der Waals surface area contributed by atoms with Gasteiger partial charge in [-0.25, -0.2) is 19.9 Å². The van der Waals surface area contributed by atoms with Gasteiger partial charge in [0.25, 0.3) is 17.9 Å². The number of nitrogens with one attached hydrogen (secondary N) is 3. The summed E-state index contributed by atoms with van der Waals surface area (Å²) in [6.07, 6.45) is 22.0. The van der Waals surface area contributed by atoms with Gasteiger partial charge in [0, 0.05) is 62.9 Å². The van der Waals surface area contributed by atoms with Crippen LogP contribution in [0.3, 0.4) is 0 Å². The molecule has 0 unspecified atom stereocenters. The number of carboxylic acids is 1. The number of nitrogens with zero attached hydrogens (tertiary/aromatic N) is 5. The van der Waals surface area contributed by atoms with Crippen molar-refractivity contribution in [3.05, 3.63) is 33.5 Å². The quantitative estimate of drug-likeness (QED) is 0.185. The van der Waals surface area contributed by atoms with E-state index in [1.165, 1.54) is 142 Å². The second-order valence-electron chi connectivity index (χ2n) is 16.0. The summed E-state index contributed by atoms with van der Waals surface area (Å²) in [5.41, 5.74) is 2.99. The van der Waals surface area contributed by atoms with Crippen LogP contribution in [-0.4, -0.2) is 106 Å². The maximum absolute atomic E-state index is 11.3. The Morgan fingerprint density at radius 1 is 0.730 bits per heavy atom. The Labute approximate surface area is 410 Å². The number of hydrogen-bond donors (Lipinski definition) is 4. The van der Waals surface area contributed by atoms with E-state index in [-0.39, 0.29) is 50.8 Å². The van der Waals surface area contributed by atoms with Crippen LogP contribution in [0.2, 0.25) is 0 Å². The Morgan fingerprint density at radius 3 is 1.54 bits per heavy atom. The maximum Gasteiger partial charge on any atom is 1.00 e. The number of aromatic nitrogens is 4. The van der Waals surface area contributed by atoms with E-state index in [2.05, 4.69) is 50.1 Å². The molecular weight excluding hydrogens is 874 g/mol. The molecule has 2 aliphatic heterocycles. The zero-order valence-corrected chi connectivity index (χ0v) is 40.9. The fourth-order valence-electron chi connectivity index (χ4n) is 8.17. The van der Waals surface area contributed by atoms with Gasteiger partial charge >= 0.3 is 29.6 Å². The number of Topliss-reactive ketones (excluding diaryl/α,β-unsaturated/α-hetero) is 1. The minimum atomic E-state index is -0.833. The Balaban J connectivity index is 0.000000313. The SMILES string of the molecule is C.C1CNC1.CC(=O)O.CC(=O)O[B-]OC(C)=O.Cl.O=C1CCC(Nc2ncnc3sc4c(c23)CCC4)CC1.[HH].[Na+].c1nc(NC2CCC(N3CCC3)CC2)c2c3c(sc2n1)CCC3. The van der Waals surface area contributed by atoms with Crippen LogP contribution in [0, 0.1) is 0 Å². The van der Waals surface area contributed by atoms with E-state index in [0.717, 1.165) is 48.7 Å². The van der Waals surface area contributed by atoms with Gasteiger partial charge in [-0.15, -0.1) is 35.1 Å². The van der Waals surface area contributed by atoms with Gasteiger partial charge in [-0.05, 0) is 127 Å². The molecule has 2 saturated heterocycles. The summed E-state index contributed by atoms with van der Waals surface area (Å²) in [5, 5.41) is 20.4. The summed E-state index contributed by atoms with van der Waals surface area (Å²) in [7, 11) is 0.699. The van der Waals surface area contributed by atoms with Gasteiger partial charge in [-0.3, -0.25) is 19.2 Å². The minimum absolute atomic E-state index is 0. The smallest absolute Gasteiger partial charge is 0.702 e. The number of carbonyl (C=O) groups excluding carboxylic acids is 3. The number of carboxylic acid groups (broad SMARTS) is 1. The van der Waals surface area contributed by atoms with E-state index in [9.17, 15) is 14.4 Å². The number of aliphatic carboxylic acids is 1. The molecule has 0 amide bonds. The summed E-state index contributed by atoms with van der Waals surface area (Å²) >= 11 is 3.70. The van der Waals surface area contributed by atoms with Crippen molar-refractivity contribution in [2.24, 2.45) is 0 Å². The van der Waals surface area contributed by atoms with Crippen LogP contribution in [0.25, 0.3) is 20.4 Å². The molecule has 6 aliphatic rings. The number of halogens is 1. The van der Waals surface area contributed by atoms with E-state index < -0.39 is 17.9 Å². The van der Waals surface area contributed by atoms with Crippen molar-refractivity contribution in [1.82, 2.24) is 30.2 Å². The number of likely N-dealkylation sites (tertiary alicyclic amines) is 1. The molecule has 2 saturated carbocycles. The fourth-order valence-corrected chi connectivity index (χ4v) is 10.6. The topological polar surface area (TPSA) is 198 Å². The molecule has 2 radical (unpaired) electrons. The van der Waals surface area contributed by atoms with E-state index in [1.807, 2.05) is 22.7 Å². The fraction of sp³-hybridized carbons (Fsp3) is 0.628. The van der Waals surface area contributed by atoms with E-state index >= 15 is 0 Å². The largest absolute Gasteiger partial charge is 1.00 e. The third kappa shape index (κ3) is 16.2. The van der Waals surface area contributed by atoms with Crippen LogP contribution in [0.1, 0.15) is 128 Å². The van der Waals surface area contributed by atoms with Gasteiger partial charge in [-0.2, -0.15) is 0 Å². The van der Waals surface area contributed by atoms with Gasteiger partial charge < -0.3 is 35.3 Å². The second-order valence-corrected chi connectivity index (χ2v) is 18.1. The Hall–Kier alpha value is -2.97. The number of carbonyl (C=O) groups is 4. The molecule has 15 nitrogen and oxygen atoms in total. The molecule has 4 N–H and O–H groups in total. The van der Waals surface area contributed by atoms with Crippen molar-refractivity contribution in [3.8, 4) is 0 Å². The molecule has 4 fully saturated rings. The number of ketones is 1. The number of rotatable bonds is 7. The summed E-state index contributed by atoms with van der Waals surface area (Å²) in [6.45, 7) is 8.66. The van der Waals surface area contributed by atoms with Crippen LogP contribution >= 0.6 is 35.1 Å². The molecule has 342 valence electrons. The van der Waals surface area contributed by atoms with Gasteiger partial charge in [-0.1, -0.05) is 7.43 Å². The van der Waals surface area contributed by atoms with Gasteiger partial charge in [0.05, 0.1) is 10.8 Å². The first kappa shape index (κ1) is 54.4. The standard InChI is InChI=1S/C18H24N4S.C15H17N3OS.C4H6BO4.C3H7N.C2H4O2.CH4.ClH.Na.H2/c1-3-14-15(4-1)23-18-16(14)17(19-11-20-18)21-12-5-7-13(8-6-12)22-9-2-10-22;19-10-6-4-9(5-7-10)18-14-13-11-2-1-3-12(11)20-15(13)17-8-16-14;1-3(6)8-5-9-4(2)7;1-2-4-3-1;1-2(3)4;;;;/h11-13H,1-10H2,(H,19,20,21);8-9H,1-7H2,(H,16,17,18);1-2H3;4H,1-3H2;1H3,(H,3,4);1H4;1H;;1H/q;;-1;;;;;+1;. The molecule has 20 heteroatoms. The third-order valence-electron chi connectivity index (χ3n) is 11.5. The third-order valence-corrected chi connectivity index (χ3v) is 13.9. The number of fused-ring (bicyclic) bond motifs is 6. The molecule has 10 rings (SSSR count). The van der Waals surface area contributed by atoms with Crippen LogP contribution in [0.15, 0.2) is 12.7 Å². The molecule has 0 bridgehead atoms. The summed E-state index contributed by atoms with van der Waals surface area (Å²) < 4.78 is 8.29. The van der Waals surface area contributed by atoms with Crippen molar-refractivity contribution < 1.29 is 64.6 Å². The van der Waals surface area contributed by atoms with Gasteiger partial charge in [0.2, 0.25) is 0 Å². The molecule has 0 aromatic carbocycles. The summed E-state index contributed by atoms with van der Waals surface area (Å²) in [6, 6.07) is 1.81. The van der Waals surface area contributed by atoms with Crippen molar-refractivity contribution in [1.29, 1.82) is 0 Å². The zero-order valence-electron chi connectivity index (χ0n) is 36.5. The Kier molecular flexibility index (Phi) is 23.7. The van der Waals surface area contributed by atoms with Crippen molar-refractivity contribution >= 4 is 98.5 Å². The average Bonchev–Trinajstić information content (AvgIpc) is 3.95. The number of hydrogen-bond acceptors (Lipinski definition) is 16.